The van der Waals surface area contributed by atoms with Crippen molar-refractivity contribution in [3.8, 4) is 5.75 Å². The molecule has 0 radical (unpaired) electrons. The summed E-state index contributed by atoms with van der Waals surface area (Å²) in [6.07, 6.45) is 4.65. The largest absolute Gasteiger partial charge is 0.507 e. The summed E-state index contributed by atoms with van der Waals surface area (Å²) in [5, 5.41) is 9.95. The van der Waals surface area contributed by atoms with E-state index in [-0.39, 0.29) is 5.75 Å². The third kappa shape index (κ3) is 1.93. The van der Waals surface area contributed by atoms with Gasteiger partial charge in [0, 0.05) is 11.7 Å². The van der Waals surface area contributed by atoms with Gasteiger partial charge in [-0.05, 0) is 33.3 Å². The maximum Gasteiger partial charge on any atom is 0.499 e. The predicted octanol–water partition coefficient (Wildman–Crippen LogP) is 1.73. The van der Waals surface area contributed by atoms with Crippen molar-refractivity contribution in [3.05, 3.63) is 24.5 Å². The number of hydrogen-bond donors (Lipinski definition) is 1. The van der Waals surface area contributed by atoms with Crippen LogP contribution in [0.5, 0.6) is 5.75 Å². The van der Waals surface area contributed by atoms with Gasteiger partial charge in [0.25, 0.3) is 0 Å². The van der Waals surface area contributed by atoms with E-state index in [1.807, 2.05) is 27.7 Å². The van der Waals surface area contributed by atoms with Gasteiger partial charge in [-0.15, -0.1) is 0 Å². The molecule has 2 rings (SSSR count). The van der Waals surface area contributed by atoms with Gasteiger partial charge in [0.1, 0.15) is 5.75 Å². The standard InChI is InChI=1S/C13H18BNO3/c1-6-9-7-15-8-10(16)11(9)14-17-12(2,3)13(4,5)18-14/h6-8,16H,1H2,2-5H3. The Labute approximate surface area is 108 Å². The molecule has 0 bridgehead atoms. The fourth-order valence-corrected chi connectivity index (χ4v) is 1.86. The number of hydrogen-bond acceptors (Lipinski definition) is 4. The van der Waals surface area contributed by atoms with Crippen LogP contribution in [0.1, 0.15) is 33.3 Å². The summed E-state index contributed by atoms with van der Waals surface area (Å²) in [6.45, 7) is 11.6. The first-order chi connectivity index (χ1) is 8.28. The molecule has 1 N–H and O–H groups in total. The molecule has 1 aromatic heterocycles. The molecule has 1 fully saturated rings. The van der Waals surface area contributed by atoms with Crippen LogP contribution in [0.3, 0.4) is 0 Å². The third-order valence-corrected chi connectivity index (χ3v) is 3.71. The molecule has 1 aliphatic rings. The van der Waals surface area contributed by atoms with Gasteiger partial charge < -0.3 is 14.4 Å². The highest BCUT2D eigenvalue weighted by Gasteiger charge is 2.52. The average molecular weight is 247 g/mol. The molecule has 1 aromatic rings. The molecule has 18 heavy (non-hydrogen) atoms. The van der Waals surface area contributed by atoms with Crippen LogP contribution < -0.4 is 5.46 Å². The first-order valence-corrected chi connectivity index (χ1v) is 5.93. The molecular formula is C13H18BNO3. The van der Waals surface area contributed by atoms with E-state index in [1.165, 1.54) is 6.20 Å². The lowest BCUT2D eigenvalue weighted by molar-refractivity contribution is 0.00578. The van der Waals surface area contributed by atoms with Gasteiger partial charge in [-0.25, -0.2) is 0 Å². The molecular weight excluding hydrogens is 229 g/mol. The van der Waals surface area contributed by atoms with Crippen molar-refractivity contribution in [2.24, 2.45) is 0 Å². The Morgan fingerprint density at radius 1 is 1.22 bits per heavy atom. The van der Waals surface area contributed by atoms with Gasteiger partial charge in [-0.1, -0.05) is 12.7 Å². The predicted molar refractivity (Wildman–Crippen MR) is 71.7 cm³/mol. The Bertz CT molecular complexity index is 469. The number of nitrogens with zero attached hydrogens (tertiary/aromatic N) is 1. The van der Waals surface area contributed by atoms with E-state index in [4.69, 9.17) is 9.31 Å². The van der Waals surface area contributed by atoms with Crippen molar-refractivity contribution in [1.29, 1.82) is 0 Å². The molecule has 5 heteroatoms. The SMILES string of the molecule is C=Cc1cncc(O)c1B1OC(C)(C)C(C)(C)O1. The molecule has 2 heterocycles. The van der Waals surface area contributed by atoms with Gasteiger partial charge in [0.15, 0.2) is 0 Å². The second kappa shape index (κ2) is 4.11. The molecule has 0 saturated carbocycles. The summed E-state index contributed by atoms with van der Waals surface area (Å²) in [7, 11) is -0.606. The van der Waals surface area contributed by atoms with Gasteiger partial charge in [-0.3, -0.25) is 4.98 Å². The highest BCUT2D eigenvalue weighted by molar-refractivity contribution is 6.64. The minimum absolute atomic E-state index is 0.0610. The first kappa shape index (κ1) is 13.1. The zero-order valence-corrected chi connectivity index (χ0v) is 11.2. The molecule has 0 aliphatic carbocycles. The van der Waals surface area contributed by atoms with Gasteiger partial charge in [0.05, 0.1) is 17.4 Å². The van der Waals surface area contributed by atoms with E-state index >= 15 is 0 Å². The van der Waals surface area contributed by atoms with Gasteiger partial charge in [0.2, 0.25) is 0 Å². The van der Waals surface area contributed by atoms with Gasteiger partial charge in [-0.2, -0.15) is 0 Å². The first-order valence-electron chi connectivity index (χ1n) is 5.93. The summed E-state index contributed by atoms with van der Waals surface area (Å²) < 4.78 is 11.8. The van der Waals surface area contributed by atoms with Crippen LogP contribution in [0.2, 0.25) is 0 Å². The number of pyridine rings is 1. The molecule has 96 valence electrons. The lowest BCUT2D eigenvalue weighted by Gasteiger charge is -2.32. The van der Waals surface area contributed by atoms with E-state index < -0.39 is 18.3 Å². The van der Waals surface area contributed by atoms with E-state index in [0.717, 1.165) is 0 Å². The van der Waals surface area contributed by atoms with Crippen molar-refractivity contribution in [2.75, 3.05) is 0 Å². The highest BCUT2D eigenvalue weighted by atomic mass is 16.7. The van der Waals surface area contributed by atoms with Crippen molar-refractivity contribution in [3.63, 3.8) is 0 Å². The zero-order valence-electron chi connectivity index (χ0n) is 11.2. The maximum absolute atomic E-state index is 9.95. The Kier molecular flexibility index (Phi) is 2.99. The van der Waals surface area contributed by atoms with Crippen LogP contribution in [-0.4, -0.2) is 28.4 Å². The van der Waals surface area contributed by atoms with Crippen LogP contribution in [0.15, 0.2) is 19.0 Å². The van der Waals surface area contributed by atoms with Crippen LogP contribution in [0.4, 0.5) is 0 Å². The van der Waals surface area contributed by atoms with E-state index in [2.05, 4.69) is 11.6 Å². The highest BCUT2D eigenvalue weighted by Crippen LogP contribution is 2.37. The van der Waals surface area contributed by atoms with E-state index in [9.17, 15) is 5.11 Å². The summed E-state index contributed by atoms with van der Waals surface area (Å²) in [6, 6.07) is 0. The van der Waals surface area contributed by atoms with Crippen molar-refractivity contribution >= 4 is 18.7 Å². The fraction of sp³-hybridized carbons (Fsp3) is 0.462. The summed E-state index contributed by atoms with van der Waals surface area (Å²) in [4.78, 5) is 3.93. The molecule has 4 nitrogen and oxygen atoms in total. The smallest absolute Gasteiger partial charge is 0.499 e. The molecule has 0 spiro atoms. The average Bonchev–Trinajstić information content (AvgIpc) is 2.47. The quantitative estimate of drug-likeness (QED) is 0.808. The topological polar surface area (TPSA) is 51.6 Å². The van der Waals surface area contributed by atoms with Gasteiger partial charge >= 0.3 is 7.12 Å². The zero-order chi connectivity index (χ0) is 13.6. The fourth-order valence-electron chi connectivity index (χ4n) is 1.86. The molecule has 1 saturated heterocycles. The van der Waals surface area contributed by atoms with Crippen molar-refractivity contribution in [1.82, 2.24) is 4.98 Å². The summed E-state index contributed by atoms with van der Waals surface area (Å²) in [5.41, 5.74) is 0.421. The minimum Gasteiger partial charge on any atom is -0.507 e. The lowest BCUT2D eigenvalue weighted by Crippen LogP contribution is -2.41. The number of rotatable bonds is 2. The lowest BCUT2D eigenvalue weighted by atomic mass is 9.76. The van der Waals surface area contributed by atoms with Crippen LogP contribution in [0, 0.1) is 0 Å². The molecule has 0 unspecified atom stereocenters. The second-order valence-corrected chi connectivity index (χ2v) is 5.45. The summed E-state index contributed by atoms with van der Waals surface area (Å²) >= 11 is 0. The van der Waals surface area contributed by atoms with Crippen molar-refractivity contribution in [2.45, 2.75) is 38.9 Å². The normalized spacial score (nSPS) is 21.0. The monoisotopic (exact) mass is 247 g/mol. The Balaban J connectivity index is 2.44. The number of aromatic nitrogens is 1. The van der Waals surface area contributed by atoms with E-state index in [0.29, 0.717) is 11.0 Å². The van der Waals surface area contributed by atoms with Crippen LogP contribution >= 0.6 is 0 Å². The Morgan fingerprint density at radius 2 is 1.78 bits per heavy atom. The second-order valence-electron chi connectivity index (χ2n) is 5.45. The molecule has 1 aliphatic heterocycles. The molecule has 0 amide bonds. The Morgan fingerprint density at radius 3 is 2.28 bits per heavy atom. The minimum atomic E-state index is -0.606. The van der Waals surface area contributed by atoms with Crippen LogP contribution in [0.25, 0.3) is 6.08 Å². The number of aromatic hydroxyl groups is 1. The van der Waals surface area contributed by atoms with E-state index in [1.54, 1.807) is 12.3 Å². The van der Waals surface area contributed by atoms with Crippen molar-refractivity contribution < 1.29 is 14.4 Å². The van der Waals surface area contributed by atoms with Crippen LogP contribution in [-0.2, 0) is 9.31 Å². The molecule has 0 atom stereocenters. The third-order valence-electron chi connectivity index (χ3n) is 3.71. The summed E-state index contributed by atoms with van der Waals surface area (Å²) in [5.74, 6) is 0.0610. The maximum atomic E-state index is 9.95. The Hall–Kier alpha value is -1.33. The molecule has 0 aromatic carbocycles.